The third-order valence-corrected chi connectivity index (χ3v) is 3.76. The molecule has 0 atom stereocenters. The largest absolute Gasteiger partial charge is 0.489 e. The fourth-order valence-corrected chi connectivity index (χ4v) is 2.15. The van der Waals surface area contributed by atoms with Crippen LogP contribution in [0.2, 0.25) is 0 Å². The highest BCUT2D eigenvalue weighted by Crippen LogP contribution is 2.28. The minimum absolute atomic E-state index is 0.270. The molecule has 2 N–H and O–H groups in total. The van der Waals surface area contributed by atoms with Crippen molar-refractivity contribution in [2.24, 2.45) is 5.73 Å². The first kappa shape index (κ1) is 15.4. The summed E-state index contributed by atoms with van der Waals surface area (Å²) in [6.45, 7) is 7.71. The third-order valence-electron chi connectivity index (χ3n) is 2.91. The average molecular weight is 319 g/mol. The van der Waals surface area contributed by atoms with Gasteiger partial charge in [-0.1, -0.05) is 19.9 Å². The Balaban J connectivity index is 2.60. The molecule has 0 bridgehead atoms. The Kier molecular flexibility index (Phi) is 6.60. The van der Waals surface area contributed by atoms with Gasteiger partial charge in [0.1, 0.15) is 6.61 Å². The molecule has 0 saturated carbocycles. The topological polar surface area (TPSA) is 38.5 Å². The number of halogens is 2. The van der Waals surface area contributed by atoms with Gasteiger partial charge < -0.3 is 15.4 Å². The van der Waals surface area contributed by atoms with Crippen molar-refractivity contribution in [1.29, 1.82) is 0 Å². The number of hydrogen-bond acceptors (Lipinski definition) is 3. The smallest absolute Gasteiger partial charge is 0.179 e. The fourth-order valence-electron chi connectivity index (χ4n) is 1.67. The van der Waals surface area contributed by atoms with Crippen LogP contribution < -0.4 is 10.5 Å². The molecule has 1 rings (SSSR count). The lowest BCUT2D eigenvalue weighted by atomic mass is 10.2. The molecule has 0 heterocycles. The summed E-state index contributed by atoms with van der Waals surface area (Å²) >= 11 is 3.19. The molecule has 102 valence electrons. The molecule has 0 spiro atoms. The Morgan fingerprint density at radius 1 is 1.33 bits per heavy atom. The normalized spacial score (nSPS) is 11.0. The average Bonchev–Trinajstić information content (AvgIpc) is 2.39. The summed E-state index contributed by atoms with van der Waals surface area (Å²) in [5, 5.41) is 0. The van der Waals surface area contributed by atoms with Crippen molar-refractivity contribution in [3.8, 4) is 5.75 Å². The first-order valence-electron chi connectivity index (χ1n) is 6.16. The van der Waals surface area contributed by atoms with Gasteiger partial charge in [0.25, 0.3) is 0 Å². The number of ether oxygens (including phenoxy) is 1. The van der Waals surface area contributed by atoms with E-state index in [4.69, 9.17) is 10.5 Å². The molecular weight excluding hydrogens is 299 g/mol. The number of rotatable bonds is 7. The van der Waals surface area contributed by atoms with Crippen LogP contribution in [0, 0.1) is 5.82 Å². The van der Waals surface area contributed by atoms with E-state index in [1.165, 1.54) is 0 Å². The minimum Gasteiger partial charge on any atom is -0.489 e. The lowest BCUT2D eigenvalue weighted by Crippen LogP contribution is -2.28. The summed E-state index contributed by atoms with van der Waals surface area (Å²) < 4.78 is 19.8. The molecule has 5 heteroatoms. The summed E-state index contributed by atoms with van der Waals surface area (Å²) in [7, 11) is 0. The van der Waals surface area contributed by atoms with Crippen molar-refractivity contribution in [3.05, 3.63) is 28.0 Å². The Bertz CT molecular complexity index is 383. The van der Waals surface area contributed by atoms with Crippen molar-refractivity contribution in [1.82, 2.24) is 4.90 Å². The maximum atomic E-state index is 13.9. The molecule has 3 nitrogen and oxygen atoms in total. The van der Waals surface area contributed by atoms with E-state index < -0.39 is 0 Å². The number of nitrogens with two attached hydrogens (primary N) is 1. The van der Waals surface area contributed by atoms with Crippen LogP contribution in [0.5, 0.6) is 5.75 Å². The maximum Gasteiger partial charge on any atom is 0.179 e. The summed E-state index contributed by atoms with van der Waals surface area (Å²) in [4.78, 5) is 2.22. The fraction of sp³-hybridized carbons (Fsp3) is 0.538. The van der Waals surface area contributed by atoms with E-state index in [9.17, 15) is 4.39 Å². The van der Waals surface area contributed by atoms with Crippen LogP contribution in [0.15, 0.2) is 16.6 Å². The van der Waals surface area contributed by atoms with Crippen LogP contribution in [0.4, 0.5) is 4.39 Å². The highest BCUT2D eigenvalue weighted by atomic mass is 79.9. The van der Waals surface area contributed by atoms with Gasteiger partial charge in [0.15, 0.2) is 11.6 Å². The first-order chi connectivity index (χ1) is 8.63. The van der Waals surface area contributed by atoms with Gasteiger partial charge in [-0.25, -0.2) is 4.39 Å². The third kappa shape index (κ3) is 3.93. The zero-order valence-corrected chi connectivity index (χ0v) is 12.5. The van der Waals surface area contributed by atoms with Crippen molar-refractivity contribution in [2.75, 3.05) is 26.2 Å². The molecule has 0 aliphatic heterocycles. The number of benzene rings is 1. The molecular formula is C13H20BrFN2O. The van der Waals surface area contributed by atoms with Gasteiger partial charge in [-0.05, 0) is 40.6 Å². The van der Waals surface area contributed by atoms with Gasteiger partial charge in [0, 0.05) is 13.1 Å². The molecule has 0 aromatic heterocycles. The quantitative estimate of drug-likeness (QED) is 0.840. The second-order valence-electron chi connectivity index (χ2n) is 3.93. The highest BCUT2D eigenvalue weighted by Gasteiger charge is 2.11. The van der Waals surface area contributed by atoms with E-state index in [1.807, 2.05) is 0 Å². The SMILES string of the molecule is CCN(CC)CCOc1ccc(CN)c(Br)c1F. The van der Waals surface area contributed by atoms with Crippen molar-refractivity contribution < 1.29 is 9.13 Å². The minimum atomic E-state index is -0.377. The second-order valence-corrected chi connectivity index (χ2v) is 4.72. The highest BCUT2D eigenvalue weighted by molar-refractivity contribution is 9.10. The van der Waals surface area contributed by atoms with Gasteiger partial charge in [-0.2, -0.15) is 0 Å². The molecule has 0 aliphatic carbocycles. The Morgan fingerprint density at radius 2 is 2.00 bits per heavy atom. The molecule has 1 aromatic carbocycles. The molecule has 0 radical (unpaired) electrons. The molecule has 0 saturated heterocycles. The van der Waals surface area contributed by atoms with E-state index in [1.54, 1.807) is 12.1 Å². The predicted octanol–water partition coefficient (Wildman–Crippen LogP) is 2.77. The second kappa shape index (κ2) is 7.71. The van der Waals surface area contributed by atoms with E-state index in [-0.39, 0.29) is 11.6 Å². The van der Waals surface area contributed by atoms with E-state index >= 15 is 0 Å². The van der Waals surface area contributed by atoms with Crippen LogP contribution in [0.3, 0.4) is 0 Å². The zero-order valence-electron chi connectivity index (χ0n) is 10.9. The standard InChI is InChI=1S/C13H20BrFN2O/c1-3-17(4-2)7-8-18-11-6-5-10(9-16)12(14)13(11)15/h5-6H,3-4,7-9,16H2,1-2H3. The van der Waals surface area contributed by atoms with Crippen molar-refractivity contribution in [3.63, 3.8) is 0 Å². The number of hydrogen-bond donors (Lipinski definition) is 1. The van der Waals surface area contributed by atoms with Gasteiger partial charge in [0.05, 0.1) is 4.47 Å². The van der Waals surface area contributed by atoms with E-state index in [2.05, 4.69) is 34.7 Å². The molecule has 18 heavy (non-hydrogen) atoms. The van der Waals surface area contributed by atoms with Gasteiger partial charge in [-0.3, -0.25) is 0 Å². The summed E-state index contributed by atoms with van der Waals surface area (Å²) in [6, 6.07) is 3.41. The summed E-state index contributed by atoms with van der Waals surface area (Å²) in [6.07, 6.45) is 0. The maximum absolute atomic E-state index is 13.9. The molecule has 0 fully saturated rings. The van der Waals surface area contributed by atoms with Crippen LogP contribution >= 0.6 is 15.9 Å². The first-order valence-corrected chi connectivity index (χ1v) is 6.95. The lowest BCUT2D eigenvalue weighted by Gasteiger charge is -2.18. The van der Waals surface area contributed by atoms with Gasteiger partial charge >= 0.3 is 0 Å². The molecule has 0 amide bonds. The Labute approximate surface area is 116 Å². The Morgan fingerprint density at radius 3 is 2.56 bits per heavy atom. The molecule has 0 aliphatic rings. The molecule has 0 unspecified atom stereocenters. The summed E-state index contributed by atoms with van der Waals surface area (Å²) in [5.41, 5.74) is 6.24. The summed E-state index contributed by atoms with van der Waals surface area (Å²) in [5.74, 6) is -0.108. The van der Waals surface area contributed by atoms with Crippen LogP contribution in [-0.2, 0) is 6.54 Å². The lowest BCUT2D eigenvalue weighted by molar-refractivity contribution is 0.217. The predicted molar refractivity (Wildman–Crippen MR) is 75.3 cm³/mol. The number of likely N-dealkylation sites (N-methyl/N-ethyl adjacent to an activating group) is 1. The van der Waals surface area contributed by atoms with Gasteiger partial charge in [0.2, 0.25) is 0 Å². The Hall–Kier alpha value is -0.650. The molecule has 1 aromatic rings. The van der Waals surface area contributed by atoms with Crippen LogP contribution in [0.1, 0.15) is 19.4 Å². The zero-order chi connectivity index (χ0) is 13.5. The number of nitrogens with zero attached hydrogens (tertiary/aromatic N) is 1. The van der Waals surface area contributed by atoms with Crippen LogP contribution in [0.25, 0.3) is 0 Å². The van der Waals surface area contributed by atoms with E-state index in [0.29, 0.717) is 17.6 Å². The van der Waals surface area contributed by atoms with Crippen LogP contribution in [-0.4, -0.2) is 31.1 Å². The van der Waals surface area contributed by atoms with E-state index in [0.717, 1.165) is 25.2 Å². The van der Waals surface area contributed by atoms with Crippen molar-refractivity contribution in [2.45, 2.75) is 20.4 Å². The van der Waals surface area contributed by atoms with Crippen molar-refractivity contribution >= 4 is 15.9 Å². The monoisotopic (exact) mass is 318 g/mol. The van der Waals surface area contributed by atoms with Gasteiger partial charge in [-0.15, -0.1) is 0 Å².